The maximum Gasteiger partial charge on any atom is 0.0863 e. The van der Waals surface area contributed by atoms with Crippen LogP contribution in [-0.4, -0.2) is 14.9 Å². The molecule has 1 atom stereocenters. The van der Waals surface area contributed by atoms with Gasteiger partial charge in [-0.05, 0) is 24.6 Å². The van der Waals surface area contributed by atoms with E-state index in [-0.39, 0.29) is 0 Å². The van der Waals surface area contributed by atoms with Crippen molar-refractivity contribution in [3.8, 4) is 0 Å². The van der Waals surface area contributed by atoms with Crippen LogP contribution < -0.4 is 0 Å². The summed E-state index contributed by atoms with van der Waals surface area (Å²) in [5, 5.41) is 15.0. The van der Waals surface area contributed by atoms with Crippen LogP contribution in [0.5, 0.6) is 0 Å². The van der Waals surface area contributed by atoms with Crippen molar-refractivity contribution in [2.45, 2.75) is 19.4 Å². The van der Waals surface area contributed by atoms with Gasteiger partial charge in [0.05, 0.1) is 12.3 Å². The molecule has 0 fully saturated rings. The fourth-order valence-corrected chi connectivity index (χ4v) is 1.92. The van der Waals surface area contributed by atoms with E-state index >= 15 is 0 Å². The van der Waals surface area contributed by atoms with E-state index in [9.17, 15) is 5.11 Å². The van der Waals surface area contributed by atoms with E-state index < -0.39 is 6.10 Å². The SMILES string of the molecule is Cc1c(C(O)Cc2ccc(Cl)cc2)cnn1C. The van der Waals surface area contributed by atoms with Crippen LogP contribution in [0.25, 0.3) is 0 Å². The smallest absolute Gasteiger partial charge is 0.0863 e. The molecule has 1 unspecified atom stereocenters. The summed E-state index contributed by atoms with van der Waals surface area (Å²) in [5.74, 6) is 0. The minimum absolute atomic E-state index is 0.523. The average molecular weight is 251 g/mol. The van der Waals surface area contributed by atoms with E-state index in [1.54, 1.807) is 10.9 Å². The molecule has 0 saturated carbocycles. The van der Waals surface area contributed by atoms with Gasteiger partial charge in [-0.3, -0.25) is 4.68 Å². The summed E-state index contributed by atoms with van der Waals surface area (Å²) in [6.45, 7) is 1.95. The molecule has 2 rings (SSSR count). The predicted molar refractivity (Wildman–Crippen MR) is 68.1 cm³/mol. The van der Waals surface area contributed by atoms with E-state index in [0.717, 1.165) is 16.8 Å². The monoisotopic (exact) mass is 250 g/mol. The second-order valence-corrected chi connectivity index (χ2v) is 4.59. The van der Waals surface area contributed by atoms with Gasteiger partial charge in [-0.25, -0.2) is 0 Å². The van der Waals surface area contributed by atoms with Gasteiger partial charge in [0.25, 0.3) is 0 Å². The Morgan fingerprint density at radius 1 is 1.35 bits per heavy atom. The second kappa shape index (κ2) is 4.90. The van der Waals surface area contributed by atoms with Crippen LogP contribution >= 0.6 is 11.6 Å². The summed E-state index contributed by atoms with van der Waals surface area (Å²) in [6.07, 6.45) is 1.77. The number of aryl methyl sites for hydroxylation is 1. The Morgan fingerprint density at radius 2 is 2.00 bits per heavy atom. The first-order valence-electron chi connectivity index (χ1n) is 5.49. The summed E-state index contributed by atoms with van der Waals surface area (Å²) in [4.78, 5) is 0. The van der Waals surface area contributed by atoms with E-state index in [2.05, 4.69) is 5.10 Å². The van der Waals surface area contributed by atoms with Crippen LogP contribution in [-0.2, 0) is 13.5 Å². The van der Waals surface area contributed by atoms with Gasteiger partial charge < -0.3 is 5.11 Å². The Kier molecular flexibility index (Phi) is 3.50. The first-order chi connectivity index (χ1) is 8.08. The molecule has 0 bridgehead atoms. The molecular weight excluding hydrogens is 236 g/mol. The fraction of sp³-hybridized carbons (Fsp3) is 0.308. The second-order valence-electron chi connectivity index (χ2n) is 4.16. The van der Waals surface area contributed by atoms with Crippen LogP contribution in [0.2, 0.25) is 5.02 Å². The number of rotatable bonds is 3. The van der Waals surface area contributed by atoms with Crippen LogP contribution in [0.4, 0.5) is 0 Å². The first kappa shape index (κ1) is 12.1. The number of aliphatic hydroxyl groups excluding tert-OH is 1. The van der Waals surface area contributed by atoms with Crippen molar-refractivity contribution in [3.63, 3.8) is 0 Å². The summed E-state index contributed by atoms with van der Waals surface area (Å²) in [7, 11) is 1.87. The Hall–Kier alpha value is -1.32. The molecule has 0 radical (unpaired) electrons. The van der Waals surface area contributed by atoms with Crippen molar-refractivity contribution < 1.29 is 5.11 Å². The standard InChI is InChI=1S/C13H15ClN2O/c1-9-12(8-15-16(9)2)13(17)7-10-3-5-11(14)6-4-10/h3-6,8,13,17H,7H2,1-2H3. The zero-order chi connectivity index (χ0) is 12.4. The van der Waals surface area contributed by atoms with Crippen molar-refractivity contribution in [1.82, 2.24) is 9.78 Å². The molecule has 0 aliphatic rings. The van der Waals surface area contributed by atoms with Crippen molar-refractivity contribution in [2.24, 2.45) is 7.05 Å². The zero-order valence-electron chi connectivity index (χ0n) is 9.89. The molecule has 4 heteroatoms. The van der Waals surface area contributed by atoms with Gasteiger partial charge in [0.15, 0.2) is 0 Å². The molecule has 90 valence electrons. The molecule has 0 aliphatic carbocycles. The maximum atomic E-state index is 10.2. The Morgan fingerprint density at radius 3 is 2.53 bits per heavy atom. The number of hydrogen-bond acceptors (Lipinski definition) is 2. The molecule has 1 aromatic heterocycles. The Bertz CT molecular complexity index is 505. The summed E-state index contributed by atoms with van der Waals surface area (Å²) < 4.78 is 1.76. The van der Waals surface area contributed by atoms with Gasteiger partial charge in [0.2, 0.25) is 0 Å². The number of benzene rings is 1. The topological polar surface area (TPSA) is 38.1 Å². The number of halogens is 1. The predicted octanol–water partition coefficient (Wildman–Crippen LogP) is 2.66. The quantitative estimate of drug-likeness (QED) is 0.910. The van der Waals surface area contributed by atoms with Crippen LogP contribution in [0.3, 0.4) is 0 Å². The number of hydrogen-bond donors (Lipinski definition) is 1. The normalized spacial score (nSPS) is 12.7. The maximum absolute atomic E-state index is 10.2. The molecule has 3 nitrogen and oxygen atoms in total. The van der Waals surface area contributed by atoms with Crippen LogP contribution in [0.15, 0.2) is 30.5 Å². The highest BCUT2D eigenvalue weighted by Crippen LogP contribution is 2.21. The zero-order valence-corrected chi connectivity index (χ0v) is 10.6. The highest BCUT2D eigenvalue weighted by molar-refractivity contribution is 6.30. The van der Waals surface area contributed by atoms with Crippen molar-refractivity contribution >= 4 is 11.6 Å². The molecule has 0 aliphatic heterocycles. The molecule has 1 heterocycles. The molecule has 1 N–H and O–H groups in total. The van der Waals surface area contributed by atoms with Gasteiger partial charge in [-0.2, -0.15) is 5.10 Å². The fourth-order valence-electron chi connectivity index (χ4n) is 1.80. The van der Waals surface area contributed by atoms with Crippen LogP contribution in [0.1, 0.15) is 22.9 Å². The summed E-state index contributed by atoms with van der Waals surface area (Å²) >= 11 is 5.82. The first-order valence-corrected chi connectivity index (χ1v) is 5.86. The molecule has 0 spiro atoms. The van der Waals surface area contributed by atoms with Gasteiger partial charge >= 0.3 is 0 Å². The Balaban J connectivity index is 2.14. The summed E-state index contributed by atoms with van der Waals surface area (Å²) in [6, 6.07) is 7.52. The third-order valence-corrected chi connectivity index (χ3v) is 3.23. The summed E-state index contributed by atoms with van der Waals surface area (Å²) in [5.41, 5.74) is 2.93. The molecule has 0 saturated heterocycles. The lowest BCUT2D eigenvalue weighted by Crippen LogP contribution is -2.03. The largest absolute Gasteiger partial charge is 0.388 e. The minimum Gasteiger partial charge on any atom is -0.388 e. The van der Waals surface area contributed by atoms with E-state index in [4.69, 9.17) is 11.6 Å². The number of aliphatic hydroxyl groups is 1. The van der Waals surface area contributed by atoms with Crippen molar-refractivity contribution in [3.05, 3.63) is 52.3 Å². The lowest BCUT2D eigenvalue weighted by Gasteiger charge is -2.10. The van der Waals surface area contributed by atoms with Crippen molar-refractivity contribution in [2.75, 3.05) is 0 Å². The molecule has 1 aromatic carbocycles. The lowest BCUT2D eigenvalue weighted by atomic mass is 10.0. The Labute approximate surface area is 106 Å². The number of aromatic nitrogens is 2. The molecular formula is C13H15ClN2O. The molecule has 2 aromatic rings. The van der Waals surface area contributed by atoms with Gasteiger partial charge in [0, 0.05) is 29.7 Å². The van der Waals surface area contributed by atoms with E-state index in [1.165, 1.54) is 0 Å². The molecule has 17 heavy (non-hydrogen) atoms. The average Bonchev–Trinajstić information content (AvgIpc) is 2.63. The van der Waals surface area contributed by atoms with Gasteiger partial charge in [0.1, 0.15) is 0 Å². The van der Waals surface area contributed by atoms with E-state index in [1.807, 2.05) is 38.2 Å². The molecule has 0 amide bonds. The van der Waals surface area contributed by atoms with Crippen molar-refractivity contribution in [1.29, 1.82) is 0 Å². The van der Waals surface area contributed by atoms with Gasteiger partial charge in [-0.1, -0.05) is 23.7 Å². The van der Waals surface area contributed by atoms with E-state index in [0.29, 0.717) is 11.4 Å². The minimum atomic E-state index is -0.523. The van der Waals surface area contributed by atoms with Crippen LogP contribution in [0, 0.1) is 6.92 Å². The lowest BCUT2D eigenvalue weighted by molar-refractivity contribution is 0.177. The third-order valence-electron chi connectivity index (χ3n) is 2.97. The number of nitrogens with zero attached hydrogens (tertiary/aromatic N) is 2. The highest BCUT2D eigenvalue weighted by Gasteiger charge is 2.14. The highest BCUT2D eigenvalue weighted by atomic mass is 35.5. The van der Waals surface area contributed by atoms with Gasteiger partial charge in [-0.15, -0.1) is 0 Å². The third kappa shape index (κ3) is 2.68.